The van der Waals surface area contributed by atoms with E-state index >= 15 is 0 Å². The summed E-state index contributed by atoms with van der Waals surface area (Å²) in [5, 5.41) is 11.1. The van der Waals surface area contributed by atoms with Crippen molar-refractivity contribution in [2.45, 2.75) is 6.42 Å². The number of hydrogen-bond donors (Lipinski definition) is 2. The molecule has 0 saturated carbocycles. The van der Waals surface area contributed by atoms with Crippen LogP contribution in [0.25, 0.3) is 0 Å². The zero-order chi connectivity index (χ0) is 9.28. The van der Waals surface area contributed by atoms with Crippen LogP contribution in [-0.4, -0.2) is 31.1 Å². The molecule has 0 amide bonds. The first-order valence-corrected chi connectivity index (χ1v) is 3.87. The van der Waals surface area contributed by atoms with E-state index in [4.69, 9.17) is 5.11 Å². The molecule has 0 fully saturated rings. The molecule has 3 nitrogen and oxygen atoms in total. The molecular formula is C7H14ClNO2. The van der Waals surface area contributed by atoms with Gasteiger partial charge in [0.25, 0.3) is 0 Å². The van der Waals surface area contributed by atoms with E-state index in [9.17, 15) is 4.79 Å². The Bertz CT molecular complexity index is 126. The lowest BCUT2D eigenvalue weighted by Crippen LogP contribution is -2.11. The number of carboxylic acids is 1. The van der Waals surface area contributed by atoms with Crippen molar-refractivity contribution in [1.29, 1.82) is 0 Å². The predicted octanol–water partition coefficient (Wildman–Crippen LogP) is 1.09. The van der Waals surface area contributed by atoms with Crippen LogP contribution in [0.5, 0.6) is 0 Å². The standard InChI is InChI=1S/C6H11NO2.CH3Cl/c1-5(6(8)9)3-4-7-2;1-2/h7H,1,3-4H2,2H3,(H,8,9);1H3. The number of carbonyl (C=O) groups is 1. The van der Waals surface area contributed by atoms with Crippen molar-refractivity contribution < 1.29 is 9.90 Å². The zero-order valence-corrected chi connectivity index (χ0v) is 7.61. The molecule has 0 aliphatic rings. The van der Waals surface area contributed by atoms with Crippen LogP contribution in [0, 0.1) is 0 Å². The monoisotopic (exact) mass is 179 g/mol. The second-order valence-electron chi connectivity index (χ2n) is 1.76. The Labute approximate surface area is 72.1 Å². The molecule has 0 atom stereocenters. The fourth-order valence-corrected chi connectivity index (χ4v) is 0.383. The van der Waals surface area contributed by atoms with E-state index in [2.05, 4.69) is 23.5 Å². The molecule has 0 aliphatic heterocycles. The molecule has 0 heterocycles. The number of nitrogens with one attached hydrogen (secondary N) is 1. The number of hydrogen-bond acceptors (Lipinski definition) is 2. The van der Waals surface area contributed by atoms with Crippen LogP contribution < -0.4 is 5.32 Å². The molecule has 0 saturated heterocycles. The van der Waals surface area contributed by atoms with E-state index in [0.29, 0.717) is 13.0 Å². The summed E-state index contributed by atoms with van der Waals surface area (Å²) in [6, 6.07) is 0. The van der Waals surface area contributed by atoms with E-state index in [-0.39, 0.29) is 5.57 Å². The van der Waals surface area contributed by atoms with Crippen LogP contribution in [0.3, 0.4) is 0 Å². The summed E-state index contributed by atoms with van der Waals surface area (Å²) in [4.78, 5) is 10.1. The van der Waals surface area contributed by atoms with Gasteiger partial charge in [-0.2, -0.15) is 0 Å². The lowest BCUT2D eigenvalue weighted by atomic mass is 10.2. The van der Waals surface area contributed by atoms with E-state index in [1.54, 1.807) is 7.05 Å². The average molecular weight is 180 g/mol. The van der Waals surface area contributed by atoms with Gasteiger partial charge in [-0.15, -0.1) is 11.6 Å². The van der Waals surface area contributed by atoms with E-state index in [1.165, 1.54) is 6.38 Å². The normalized spacial score (nSPS) is 7.91. The highest BCUT2D eigenvalue weighted by Gasteiger charge is 2.00. The highest BCUT2D eigenvalue weighted by Crippen LogP contribution is 1.94. The second-order valence-corrected chi connectivity index (χ2v) is 1.76. The molecule has 11 heavy (non-hydrogen) atoms. The summed E-state index contributed by atoms with van der Waals surface area (Å²) in [5.74, 6) is -0.912. The van der Waals surface area contributed by atoms with Gasteiger partial charge in [0.15, 0.2) is 0 Å². The van der Waals surface area contributed by atoms with Crippen molar-refractivity contribution in [2.24, 2.45) is 0 Å². The van der Waals surface area contributed by atoms with Gasteiger partial charge in [-0.05, 0) is 20.0 Å². The molecule has 0 aromatic carbocycles. The predicted molar refractivity (Wildman–Crippen MR) is 47.1 cm³/mol. The first-order chi connectivity index (χ1) is 5.18. The summed E-state index contributed by atoms with van der Waals surface area (Å²) in [7, 11) is 1.77. The Kier molecular flexibility index (Phi) is 11.2. The number of alkyl halides is 1. The maximum absolute atomic E-state index is 10.1. The first kappa shape index (κ1) is 13.1. The van der Waals surface area contributed by atoms with E-state index in [1.807, 2.05) is 0 Å². The summed E-state index contributed by atoms with van der Waals surface area (Å²) >= 11 is 4.64. The smallest absolute Gasteiger partial charge is 0.330 e. The molecule has 0 rings (SSSR count). The molecular weight excluding hydrogens is 166 g/mol. The van der Waals surface area contributed by atoms with Gasteiger partial charge in [-0.3, -0.25) is 0 Å². The van der Waals surface area contributed by atoms with E-state index < -0.39 is 5.97 Å². The van der Waals surface area contributed by atoms with Crippen LogP contribution in [0.1, 0.15) is 6.42 Å². The lowest BCUT2D eigenvalue weighted by molar-refractivity contribution is -0.132. The van der Waals surface area contributed by atoms with Crippen molar-refractivity contribution in [1.82, 2.24) is 5.32 Å². The Morgan fingerprint density at radius 2 is 2.09 bits per heavy atom. The minimum atomic E-state index is -0.912. The highest BCUT2D eigenvalue weighted by atomic mass is 35.5. The quantitative estimate of drug-likeness (QED) is 0.502. The summed E-state index contributed by atoms with van der Waals surface area (Å²) < 4.78 is 0. The summed E-state index contributed by atoms with van der Waals surface area (Å²) in [6.07, 6.45) is 1.98. The van der Waals surface area contributed by atoms with Crippen molar-refractivity contribution in [3.8, 4) is 0 Å². The maximum Gasteiger partial charge on any atom is 0.330 e. The van der Waals surface area contributed by atoms with Gasteiger partial charge in [-0.25, -0.2) is 4.79 Å². The van der Waals surface area contributed by atoms with E-state index in [0.717, 1.165) is 0 Å². The first-order valence-electron chi connectivity index (χ1n) is 3.12. The van der Waals surface area contributed by atoms with Crippen LogP contribution in [0.15, 0.2) is 12.2 Å². The number of halogens is 1. The number of carboxylic acid groups (broad SMARTS) is 1. The molecule has 0 aromatic heterocycles. The van der Waals surface area contributed by atoms with Gasteiger partial charge in [0.2, 0.25) is 0 Å². The highest BCUT2D eigenvalue weighted by molar-refractivity contribution is 6.15. The minimum Gasteiger partial charge on any atom is -0.478 e. The number of rotatable bonds is 4. The minimum absolute atomic E-state index is 0.254. The van der Waals surface area contributed by atoms with Crippen LogP contribution in [0.2, 0.25) is 0 Å². The fourth-order valence-electron chi connectivity index (χ4n) is 0.383. The molecule has 0 unspecified atom stereocenters. The summed E-state index contributed by atoms with van der Waals surface area (Å²) in [5.41, 5.74) is 0.254. The Morgan fingerprint density at radius 3 is 2.36 bits per heavy atom. The molecule has 2 N–H and O–H groups in total. The van der Waals surface area contributed by atoms with Crippen molar-refractivity contribution in [3.05, 3.63) is 12.2 Å². The lowest BCUT2D eigenvalue weighted by Gasteiger charge is -1.96. The second kappa shape index (κ2) is 9.46. The van der Waals surface area contributed by atoms with Gasteiger partial charge in [0, 0.05) is 12.0 Å². The number of aliphatic carboxylic acids is 1. The third kappa shape index (κ3) is 9.46. The topological polar surface area (TPSA) is 49.3 Å². The Morgan fingerprint density at radius 1 is 1.64 bits per heavy atom. The fraction of sp³-hybridized carbons (Fsp3) is 0.571. The molecule has 0 aliphatic carbocycles. The largest absolute Gasteiger partial charge is 0.478 e. The zero-order valence-electron chi connectivity index (χ0n) is 6.85. The molecule has 66 valence electrons. The molecule has 0 aromatic rings. The van der Waals surface area contributed by atoms with Gasteiger partial charge >= 0.3 is 5.97 Å². The van der Waals surface area contributed by atoms with Crippen molar-refractivity contribution in [2.75, 3.05) is 20.0 Å². The van der Waals surface area contributed by atoms with Crippen LogP contribution in [0.4, 0.5) is 0 Å². The molecule has 4 heteroatoms. The van der Waals surface area contributed by atoms with Crippen molar-refractivity contribution >= 4 is 17.6 Å². The van der Waals surface area contributed by atoms with Crippen LogP contribution in [-0.2, 0) is 4.79 Å². The average Bonchev–Trinajstić information content (AvgIpc) is 2.03. The van der Waals surface area contributed by atoms with Gasteiger partial charge in [0.05, 0.1) is 0 Å². The third-order valence-electron chi connectivity index (χ3n) is 0.979. The molecule has 0 radical (unpaired) electrons. The van der Waals surface area contributed by atoms with Gasteiger partial charge < -0.3 is 10.4 Å². The SMILES string of the molecule is C=C(CCNC)C(=O)O.CCl. The molecule has 0 bridgehead atoms. The Hall–Kier alpha value is -0.540. The van der Waals surface area contributed by atoms with Gasteiger partial charge in [0.1, 0.15) is 0 Å². The van der Waals surface area contributed by atoms with Gasteiger partial charge in [-0.1, -0.05) is 6.58 Å². The maximum atomic E-state index is 10.1. The van der Waals surface area contributed by atoms with Crippen molar-refractivity contribution in [3.63, 3.8) is 0 Å². The molecule has 0 spiro atoms. The third-order valence-corrected chi connectivity index (χ3v) is 0.979. The summed E-state index contributed by atoms with van der Waals surface area (Å²) in [6.45, 7) is 4.02. The van der Waals surface area contributed by atoms with Crippen LogP contribution >= 0.6 is 11.6 Å². The Balaban J connectivity index is 0.